The molecule has 1 fully saturated rings. The van der Waals surface area contributed by atoms with Crippen molar-refractivity contribution in [2.75, 3.05) is 18.0 Å². The van der Waals surface area contributed by atoms with E-state index in [0.29, 0.717) is 36.5 Å². The maximum atomic E-state index is 13.5. The van der Waals surface area contributed by atoms with Crippen LogP contribution in [0.15, 0.2) is 24.5 Å². The number of aromatic nitrogens is 3. The van der Waals surface area contributed by atoms with Crippen LogP contribution in [0.3, 0.4) is 0 Å². The summed E-state index contributed by atoms with van der Waals surface area (Å²) in [4.78, 5) is 24.8. The van der Waals surface area contributed by atoms with E-state index < -0.39 is 12.1 Å². The highest BCUT2D eigenvalue weighted by Crippen LogP contribution is 2.33. The van der Waals surface area contributed by atoms with Gasteiger partial charge in [-0.3, -0.25) is 0 Å². The molecule has 1 aliphatic heterocycles. The molecule has 1 aromatic carbocycles. The number of benzene rings is 1. The van der Waals surface area contributed by atoms with Gasteiger partial charge in [-0.1, -0.05) is 0 Å². The molecule has 0 bridgehead atoms. The number of H-pyrrole nitrogens is 1. The van der Waals surface area contributed by atoms with Crippen molar-refractivity contribution in [2.45, 2.75) is 18.9 Å². The predicted octanol–water partition coefficient (Wildman–Crippen LogP) is 1.91. The lowest BCUT2D eigenvalue weighted by Gasteiger charge is -2.34. The molecule has 0 unspecified atom stereocenters. The van der Waals surface area contributed by atoms with Crippen molar-refractivity contribution >= 4 is 33.7 Å². The van der Waals surface area contributed by atoms with Gasteiger partial charge in [0, 0.05) is 24.4 Å². The molecule has 2 aromatic heterocycles. The summed E-state index contributed by atoms with van der Waals surface area (Å²) in [5.41, 5.74) is 1.24. The largest absolute Gasteiger partial charge is 0.479 e. The fourth-order valence-corrected chi connectivity index (χ4v) is 3.59. The summed E-state index contributed by atoms with van der Waals surface area (Å²) in [6.07, 6.45) is 1.45. The molecule has 3 heterocycles. The third kappa shape index (κ3) is 2.68. The van der Waals surface area contributed by atoms with Gasteiger partial charge in [-0.15, -0.1) is 0 Å². The zero-order chi connectivity index (χ0) is 17.6. The number of piperidine rings is 1. The molecule has 3 N–H and O–H groups in total. The maximum Gasteiger partial charge on any atom is 0.332 e. The molecular weight excluding hydrogens is 327 g/mol. The fraction of sp³-hybridized carbons (Fsp3) is 0.353. The molecule has 0 spiro atoms. The minimum absolute atomic E-state index is 0.337. The highest BCUT2D eigenvalue weighted by atomic mass is 19.1. The van der Waals surface area contributed by atoms with Gasteiger partial charge in [0.15, 0.2) is 6.10 Å². The van der Waals surface area contributed by atoms with Gasteiger partial charge in [-0.2, -0.15) is 0 Å². The number of anilines is 1. The third-order valence-electron chi connectivity index (χ3n) is 4.79. The van der Waals surface area contributed by atoms with Gasteiger partial charge in [-0.05, 0) is 31.0 Å². The second-order valence-corrected chi connectivity index (χ2v) is 6.37. The van der Waals surface area contributed by atoms with Gasteiger partial charge in [0.05, 0.1) is 10.9 Å². The van der Waals surface area contributed by atoms with Crippen molar-refractivity contribution < 1.29 is 19.4 Å². The van der Waals surface area contributed by atoms with Gasteiger partial charge in [0.2, 0.25) is 0 Å². The smallest absolute Gasteiger partial charge is 0.332 e. The van der Waals surface area contributed by atoms with Gasteiger partial charge in [0.1, 0.15) is 23.6 Å². The molecule has 7 nitrogen and oxygen atoms in total. The van der Waals surface area contributed by atoms with Crippen molar-refractivity contribution in [3.05, 3.63) is 30.3 Å². The average Bonchev–Trinajstić information content (AvgIpc) is 2.98. The number of rotatable bonds is 3. The van der Waals surface area contributed by atoms with E-state index >= 15 is 0 Å². The van der Waals surface area contributed by atoms with E-state index in [9.17, 15) is 14.3 Å². The Bertz CT molecular complexity index is 958. The van der Waals surface area contributed by atoms with Crippen LogP contribution in [0.4, 0.5) is 10.2 Å². The first-order valence-electron chi connectivity index (χ1n) is 8.12. The Balaban J connectivity index is 1.78. The molecule has 0 aliphatic carbocycles. The Kier molecular flexibility index (Phi) is 3.76. The number of hydrogen-bond donors (Lipinski definition) is 3. The number of aliphatic carboxylic acids is 1. The van der Waals surface area contributed by atoms with Crippen LogP contribution in [0.5, 0.6) is 0 Å². The average molecular weight is 344 g/mol. The van der Waals surface area contributed by atoms with Crippen LogP contribution >= 0.6 is 0 Å². The Labute approximate surface area is 142 Å². The maximum absolute atomic E-state index is 13.5. The summed E-state index contributed by atoms with van der Waals surface area (Å²) in [7, 11) is 0. The summed E-state index contributed by atoms with van der Waals surface area (Å²) in [5.74, 6) is -1.23. The van der Waals surface area contributed by atoms with E-state index in [1.54, 1.807) is 6.07 Å². The second-order valence-electron chi connectivity index (χ2n) is 6.37. The highest BCUT2D eigenvalue weighted by molar-refractivity contribution is 6.11. The van der Waals surface area contributed by atoms with Crippen LogP contribution in [-0.4, -0.2) is 50.3 Å². The standard InChI is InChI=1S/C17H17FN4O3/c18-10-3-4-11-12(6-10)21-15-13(11)16(20-8-19-15)22-5-1-2-9(7-22)14(23)17(24)25/h3-4,6,8-9,14,23H,1-2,5,7H2,(H,24,25)(H,19,20,21)/t9-,14-/m1/s1. The first-order chi connectivity index (χ1) is 12.0. The number of fused-ring (bicyclic) bond motifs is 3. The van der Waals surface area contributed by atoms with E-state index in [-0.39, 0.29) is 11.7 Å². The monoisotopic (exact) mass is 344 g/mol. The number of aliphatic hydroxyl groups is 1. The van der Waals surface area contributed by atoms with E-state index in [4.69, 9.17) is 5.11 Å². The summed E-state index contributed by atoms with van der Waals surface area (Å²) >= 11 is 0. The van der Waals surface area contributed by atoms with Crippen molar-refractivity contribution in [1.29, 1.82) is 0 Å². The SMILES string of the molecule is O=C(O)[C@H](O)[C@@H]1CCCN(c2ncnc3[nH]c4cc(F)ccc4c23)C1. The molecule has 0 saturated carbocycles. The van der Waals surface area contributed by atoms with Crippen molar-refractivity contribution in [3.63, 3.8) is 0 Å². The molecule has 0 amide bonds. The van der Waals surface area contributed by atoms with Crippen molar-refractivity contribution in [2.24, 2.45) is 5.92 Å². The normalized spacial score (nSPS) is 19.4. The van der Waals surface area contributed by atoms with Crippen LogP contribution in [0.1, 0.15) is 12.8 Å². The number of carboxylic acid groups (broad SMARTS) is 1. The zero-order valence-electron chi connectivity index (χ0n) is 13.3. The Morgan fingerprint density at radius 2 is 2.24 bits per heavy atom. The van der Waals surface area contributed by atoms with Crippen LogP contribution in [0.2, 0.25) is 0 Å². The third-order valence-corrected chi connectivity index (χ3v) is 4.79. The highest BCUT2D eigenvalue weighted by Gasteiger charge is 2.31. The second kappa shape index (κ2) is 5.96. The number of aromatic amines is 1. The number of nitrogens with zero attached hydrogens (tertiary/aromatic N) is 3. The lowest BCUT2D eigenvalue weighted by atomic mass is 9.92. The van der Waals surface area contributed by atoms with Crippen LogP contribution < -0.4 is 4.90 Å². The molecule has 3 aromatic rings. The van der Waals surface area contributed by atoms with E-state index in [0.717, 1.165) is 17.2 Å². The van der Waals surface area contributed by atoms with Crippen molar-refractivity contribution in [3.8, 4) is 0 Å². The molecule has 4 rings (SSSR count). The number of carbonyl (C=O) groups is 1. The molecule has 8 heteroatoms. The van der Waals surface area contributed by atoms with Crippen LogP contribution in [0, 0.1) is 11.7 Å². The molecule has 1 aliphatic rings. The first-order valence-corrected chi connectivity index (χ1v) is 8.12. The number of aliphatic hydroxyl groups excluding tert-OH is 1. The lowest BCUT2D eigenvalue weighted by Crippen LogP contribution is -2.43. The van der Waals surface area contributed by atoms with E-state index in [1.807, 2.05) is 4.90 Å². The molecule has 2 atom stereocenters. The predicted molar refractivity (Wildman–Crippen MR) is 89.9 cm³/mol. The lowest BCUT2D eigenvalue weighted by molar-refractivity contribution is -0.149. The van der Waals surface area contributed by atoms with Crippen LogP contribution in [0.25, 0.3) is 21.9 Å². The van der Waals surface area contributed by atoms with Gasteiger partial charge < -0.3 is 20.1 Å². The summed E-state index contributed by atoms with van der Waals surface area (Å²) in [6, 6.07) is 4.48. The van der Waals surface area contributed by atoms with Gasteiger partial charge >= 0.3 is 5.97 Å². The van der Waals surface area contributed by atoms with Crippen molar-refractivity contribution in [1.82, 2.24) is 15.0 Å². The number of hydrogen-bond acceptors (Lipinski definition) is 5. The minimum atomic E-state index is -1.39. The quantitative estimate of drug-likeness (QED) is 0.671. The molecule has 1 saturated heterocycles. The fourth-order valence-electron chi connectivity index (χ4n) is 3.59. The number of halogens is 1. The number of carboxylic acids is 1. The van der Waals surface area contributed by atoms with Crippen LogP contribution in [-0.2, 0) is 4.79 Å². The Morgan fingerprint density at radius 1 is 1.40 bits per heavy atom. The van der Waals surface area contributed by atoms with Gasteiger partial charge in [0.25, 0.3) is 0 Å². The molecule has 130 valence electrons. The topological polar surface area (TPSA) is 102 Å². The summed E-state index contributed by atoms with van der Waals surface area (Å²) < 4.78 is 13.5. The van der Waals surface area contributed by atoms with E-state index in [2.05, 4.69) is 15.0 Å². The number of nitrogens with one attached hydrogen (secondary N) is 1. The molecule has 25 heavy (non-hydrogen) atoms. The molecular formula is C17H17FN4O3. The first kappa shape index (κ1) is 15.8. The minimum Gasteiger partial charge on any atom is -0.479 e. The molecule has 0 radical (unpaired) electrons. The van der Waals surface area contributed by atoms with Gasteiger partial charge in [-0.25, -0.2) is 19.2 Å². The summed E-state index contributed by atoms with van der Waals surface area (Å²) in [6.45, 7) is 1.11. The zero-order valence-corrected chi connectivity index (χ0v) is 13.3. The Hall–Kier alpha value is -2.74. The van der Waals surface area contributed by atoms with E-state index in [1.165, 1.54) is 18.5 Å². The Morgan fingerprint density at radius 3 is 3.04 bits per heavy atom. The summed E-state index contributed by atoms with van der Waals surface area (Å²) in [5, 5.41) is 20.5.